The topological polar surface area (TPSA) is 76.0 Å². The maximum atomic E-state index is 13.6. The summed E-state index contributed by atoms with van der Waals surface area (Å²) < 4.78 is 17.9. The van der Waals surface area contributed by atoms with Crippen molar-refractivity contribution in [2.24, 2.45) is 0 Å². The molecule has 0 aliphatic rings. The highest BCUT2D eigenvalue weighted by molar-refractivity contribution is 8.00. The zero-order valence-corrected chi connectivity index (χ0v) is 9.26. The van der Waals surface area contributed by atoms with E-state index in [1.807, 2.05) is 0 Å². The molecule has 0 radical (unpaired) electrons. The molecule has 8 heteroatoms. The molecule has 2 rings (SSSR count). The molecule has 82 valence electrons. The number of halogens is 1. The SMILES string of the molecule is O=C(O)c1ccnc(Sc2ncns2)c1F. The Hall–Kier alpha value is -1.54. The van der Waals surface area contributed by atoms with Crippen LogP contribution in [-0.2, 0) is 0 Å². The van der Waals surface area contributed by atoms with E-state index < -0.39 is 17.3 Å². The molecule has 0 saturated carbocycles. The first-order chi connectivity index (χ1) is 7.68. The number of nitrogens with zero attached hydrogens (tertiary/aromatic N) is 3. The lowest BCUT2D eigenvalue weighted by Crippen LogP contribution is -2.02. The Labute approximate surface area is 97.5 Å². The zero-order valence-electron chi connectivity index (χ0n) is 7.62. The Balaban J connectivity index is 2.35. The molecule has 1 N–H and O–H groups in total. The molecule has 0 spiro atoms. The van der Waals surface area contributed by atoms with Gasteiger partial charge in [0.15, 0.2) is 10.2 Å². The van der Waals surface area contributed by atoms with Gasteiger partial charge in [-0.2, -0.15) is 4.37 Å². The van der Waals surface area contributed by atoms with Crippen molar-refractivity contribution in [3.63, 3.8) is 0 Å². The highest BCUT2D eigenvalue weighted by Crippen LogP contribution is 2.29. The summed E-state index contributed by atoms with van der Waals surface area (Å²) in [5, 5.41) is 8.70. The van der Waals surface area contributed by atoms with E-state index in [0.717, 1.165) is 29.4 Å². The van der Waals surface area contributed by atoms with Crippen molar-refractivity contribution in [3.8, 4) is 0 Å². The minimum Gasteiger partial charge on any atom is -0.478 e. The third-order valence-electron chi connectivity index (χ3n) is 1.61. The molecule has 5 nitrogen and oxygen atoms in total. The van der Waals surface area contributed by atoms with E-state index in [0.29, 0.717) is 4.34 Å². The summed E-state index contributed by atoms with van der Waals surface area (Å²) >= 11 is 2.04. The fraction of sp³-hybridized carbons (Fsp3) is 0. The molecule has 16 heavy (non-hydrogen) atoms. The lowest BCUT2D eigenvalue weighted by molar-refractivity contribution is 0.0691. The highest BCUT2D eigenvalue weighted by Gasteiger charge is 2.16. The van der Waals surface area contributed by atoms with Crippen LogP contribution in [0.3, 0.4) is 0 Å². The van der Waals surface area contributed by atoms with Crippen molar-refractivity contribution < 1.29 is 14.3 Å². The normalized spacial score (nSPS) is 10.3. The van der Waals surface area contributed by atoms with Crippen molar-refractivity contribution >= 4 is 29.3 Å². The summed E-state index contributed by atoms with van der Waals surface area (Å²) in [6.07, 6.45) is 2.59. The first kappa shape index (κ1) is 11.0. The van der Waals surface area contributed by atoms with Crippen LogP contribution in [0.4, 0.5) is 4.39 Å². The first-order valence-electron chi connectivity index (χ1n) is 4.01. The standard InChI is InChI=1S/C8H4FN3O2S2/c9-5-4(7(13)14)1-2-10-6(5)15-8-11-3-12-16-8/h1-3H,(H,13,14). The number of pyridine rings is 1. The lowest BCUT2D eigenvalue weighted by atomic mass is 10.3. The maximum Gasteiger partial charge on any atom is 0.338 e. The molecular weight excluding hydrogens is 253 g/mol. The van der Waals surface area contributed by atoms with Crippen LogP contribution in [0.1, 0.15) is 10.4 Å². The molecule has 0 bridgehead atoms. The number of carbonyl (C=O) groups is 1. The van der Waals surface area contributed by atoms with Gasteiger partial charge in [0.25, 0.3) is 0 Å². The highest BCUT2D eigenvalue weighted by atomic mass is 32.2. The van der Waals surface area contributed by atoms with E-state index in [4.69, 9.17) is 5.11 Å². The van der Waals surface area contributed by atoms with Gasteiger partial charge in [-0.05, 0) is 29.4 Å². The second kappa shape index (κ2) is 4.54. The van der Waals surface area contributed by atoms with Gasteiger partial charge in [0.05, 0.1) is 5.56 Å². The average molecular weight is 257 g/mol. The summed E-state index contributed by atoms with van der Waals surface area (Å²) in [6, 6.07) is 1.11. The predicted octanol–water partition coefficient (Wildman–Crippen LogP) is 1.92. The van der Waals surface area contributed by atoms with Gasteiger partial charge in [-0.25, -0.2) is 19.2 Å². The Bertz CT molecular complexity index is 518. The Kier molecular flexibility index (Phi) is 3.11. The fourth-order valence-electron chi connectivity index (χ4n) is 0.951. The number of aromatic nitrogens is 3. The number of carboxylic acids is 1. The summed E-state index contributed by atoms with van der Waals surface area (Å²) in [6.45, 7) is 0. The van der Waals surface area contributed by atoms with Gasteiger partial charge in [0.2, 0.25) is 0 Å². The third kappa shape index (κ3) is 2.17. The zero-order chi connectivity index (χ0) is 11.5. The number of rotatable bonds is 3. The van der Waals surface area contributed by atoms with Crippen LogP contribution in [-0.4, -0.2) is 25.4 Å². The van der Waals surface area contributed by atoms with Gasteiger partial charge in [-0.15, -0.1) is 0 Å². The molecule has 0 aliphatic heterocycles. The minimum atomic E-state index is -1.32. The summed E-state index contributed by atoms with van der Waals surface area (Å²) in [5.74, 6) is -2.17. The molecule has 0 atom stereocenters. The molecule has 0 aliphatic carbocycles. The molecule has 0 unspecified atom stereocenters. The number of hydrogen-bond acceptors (Lipinski definition) is 6. The molecule has 0 aromatic carbocycles. The van der Waals surface area contributed by atoms with Crippen LogP contribution in [0.2, 0.25) is 0 Å². The molecule has 2 aromatic heterocycles. The summed E-state index contributed by atoms with van der Waals surface area (Å²) in [5.41, 5.74) is -0.401. The molecule has 0 amide bonds. The minimum absolute atomic E-state index is 0.0170. The second-order valence-electron chi connectivity index (χ2n) is 2.59. The number of aromatic carboxylic acids is 1. The van der Waals surface area contributed by atoms with Crippen molar-refractivity contribution in [3.05, 3.63) is 30.0 Å². The Morgan fingerprint density at radius 2 is 2.31 bits per heavy atom. The van der Waals surface area contributed by atoms with Gasteiger partial charge in [0.1, 0.15) is 11.4 Å². The van der Waals surface area contributed by atoms with Gasteiger partial charge < -0.3 is 5.11 Å². The molecule has 0 fully saturated rings. The van der Waals surface area contributed by atoms with Crippen molar-refractivity contribution in [1.29, 1.82) is 0 Å². The smallest absolute Gasteiger partial charge is 0.338 e. The van der Waals surface area contributed by atoms with E-state index in [1.165, 1.54) is 12.5 Å². The largest absolute Gasteiger partial charge is 0.478 e. The summed E-state index contributed by atoms with van der Waals surface area (Å²) in [7, 11) is 0. The van der Waals surface area contributed by atoms with E-state index in [9.17, 15) is 9.18 Å². The van der Waals surface area contributed by atoms with Crippen LogP contribution >= 0.6 is 23.3 Å². The summed E-state index contributed by atoms with van der Waals surface area (Å²) in [4.78, 5) is 18.3. The van der Waals surface area contributed by atoms with Gasteiger partial charge in [0, 0.05) is 6.20 Å². The van der Waals surface area contributed by atoms with Crippen molar-refractivity contribution in [1.82, 2.24) is 14.3 Å². The van der Waals surface area contributed by atoms with E-state index in [2.05, 4.69) is 14.3 Å². The molecule has 0 saturated heterocycles. The first-order valence-corrected chi connectivity index (χ1v) is 5.60. The van der Waals surface area contributed by atoms with E-state index in [-0.39, 0.29) is 5.03 Å². The van der Waals surface area contributed by atoms with Gasteiger partial charge >= 0.3 is 5.97 Å². The quantitative estimate of drug-likeness (QED) is 0.905. The van der Waals surface area contributed by atoms with Crippen molar-refractivity contribution in [2.45, 2.75) is 9.37 Å². The van der Waals surface area contributed by atoms with Gasteiger partial charge in [-0.1, -0.05) is 0 Å². The molecule has 2 heterocycles. The predicted molar refractivity (Wildman–Crippen MR) is 55.2 cm³/mol. The average Bonchev–Trinajstić information content (AvgIpc) is 2.73. The number of hydrogen-bond donors (Lipinski definition) is 1. The third-order valence-corrected chi connectivity index (χ3v) is 3.31. The van der Waals surface area contributed by atoms with Crippen LogP contribution in [0.15, 0.2) is 28.0 Å². The Morgan fingerprint density at radius 3 is 2.94 bits per heavy atom. The number of carboxylic acid groups (broad SMARTS) is 1. The van der Waals surface area contributed by atoms with Gasteiger partial charge in [-0.3, -0.25) is 0 Å². The molecule has 2 aromatic rings. The van der Waals surface area contributed by atoms with Crippen molar-refractivity contribution in [2.75, 3.05) is 0 Å². The maximum absolute atomic E-state index is 13.6. The molecular formula is C8H4FN3O2S2. The Morgan fingerprint density at radius 1 is 1.50 bits per heavy atom. The van der Waals surface area contributed by atoms with Crippen LogP contribution in [0, 0.1) is 5.82 Å². The monoisotopic (exact) mass is 257 g/mol. The lowest BCUT2D eigenvalue weighted by Gasteiger charge is -2.01. The van der Waals surface area contributed by atoms with Crippen LogP contribution in [0.25, 0.3) is 0 Å². The van der Waals surface area contributed by atoms with Crippen LogP contribution < -0.4 is 0 Å². The van der Waals surface area contributed by atoms with E-state index >= 15 is 0 Å². The van der Waals surface area contributed by atoms with Crippen LogP contribution in [0.5, 0.6) is 0 Å². The second-order valence-corrected chi connectivity index (χ2v) is 4.61. The van der Waals surface area contributed by atoms with E-state index in [1.54, 1.807) is 0 Å². The fourth-order valence-corrected chi connectivity index (χ4v) is 2.32.